The highest BCUT2D eigenvalue weighted by molar-refractivity contribution is 6.30. The van der Waals surface area contributed by atoms with Gasteiger partial charge in [0.25, 0.3) is 5.91 Å². The van der Waals surface area contributed by atoms with Gasteiger partial charge in [-0.15, -0.1) is 0 Å². The summed E-state index contributed by atoms with van der Waals surface area (Å²) in [7, 11) is 0. The number of para-hydroxylation sites is 1. The van der Waals surface area contributed by atoms with E-state index < -0.39 is 17.4 Å². The lowest BCUT2D eigenvalue weighted by atomic mass is 9.79. The van der Waals surface area contributed by atoms with Crippen LogP contribution in [-0.4, -0.2) is 16.8 Å². The van der Waals surface area contributed by atoms with E-state index in [-0.39, 0.29) is 12.3 Å². The van der Waals surface area contributed by atoms with Gasteiger partial charge in [-0.05, 0) is 23.8 Å². The average molecular weight is 406 g/mol. The molecule has 0 saturated heterocycles. The van der Waals surface area contributed by atoms with Gasteiger partial charge in [0.2, 0.25) is 0 Å². The van der Waals surface area contributed by atoms with Gasteiger partial charge in [-0.25, -0.2) is 0 Å². The fourth-order valence-corrected chi connectivity index (χ4v) is 4.11. The molecule has 1 aliphatic heterocycles. The molecule has 0 saturated carbocycles. The summed E-state index contributed by atoms with van der Waals surface area (Å²) in [5.41, 5.74) is 0.428. The van der Waals surface area contributed by atoms with Crippen molar-refractivity contribution in [1.29, 1.82) is 0 Å². The zero-order valence-corrected chi connectivity index (χ0v) is 16.6. The molecule has 0 bridgehead atoms. The predicted molar refractivity (Wildman–Crippen MR) is 113 cm³/mol. The fourth-order valence-electron chi connectivity index (χ4n) is 3.90. The standard InChI is InChI=1S/C24H20ClNO3/c1-16(22(27)18-9-3-2-4-10-18)24(29)20-12-5-6-13-21(20)26(23(24)28)15-17-8-7-11-19(25)14-17/h2-14,16,29H,15H2,1H3/t16-,24-/m0/s1. The van der Waals surface area contributed by atoms with Crippen molar-refractivity contribution in [2.45, 2.75) is 19.1 Å². The van der Waals surface area contributed by atoms with Gasteiger partial charge in [-0.2, -0.15) is 0 Å². The van der Waals surface area contributed by atoms with Crippen LogP contribution < -0.4 is 4.90 Å². The minimum atomic E-state index is -1.93. The summed E-state index contributed by atoms with van der Waals surface area (Å²) in [5.74, 6) is -1.72. The molecule has 0 unspecified atom stereocenters. The van der Waals surface area contributed by atoms with Gasteiger partial charge in [-0.1, -0.05) is 79.2 Å². The zero-order chi connectivity index (χ0) is 20.6. The van der Waals surface area contributed by atoms with Crippen molar-refractivity contribution < 1.29 is 14.7 Å². The number of ketones is 1. The number of carbonyl (C=O) groups is 2. The normalized spacial score (nSPS) is 19.1. The summed E-state index contributed by atoms with van der Waals surface area (Å²) in [5, 5.41) is 12.2. The average Bonchev–Trinajstić information content (AvgIpc) is 2.96. The number of anilines is 1. The molecule has 4 nitrogen and oxygen atoms in total. The molecule has 2 atom stereocenters. The summed E-state index contributed by atoms with van der Waals surface area (Å²) in [4.78, 5) is 28.0. The Morgan fingerprint density at radius 1 is 1.03 bits per heavy atom. The SMILES string of the molecule is C[C@@H](C(=O)c1ccccc1)[C@@]1(O)C(=O)N(Cc2cccc(Cl)c2)c2ccccc21. The van der Waals surface area contributed by atoms with E-state index in [1.165, 1.54) is 4.90 Å². The maximum absolute atomic E-state index is 13.4. The molecule has 0 aliphatic carbocycles. The minimum Gasteiger partial charge on any atom is -0.375 e. The number of amides is 1. The van der Waals surface area contributed by atoms with Gasteiger partial charge in [0.15, 0.2) is 11.4 Å². The highest BCUT2D eigenvalue weighted by Crippen LogP contribution is 2.46. The Bertz CT molecular complexity index is 1080. The third-order valence-electron chi connectivity index (χ3n) is 5.48. The second-order valence-electron chi connectivity index (χ2n) is 7.26. The molecule has 0 fully saturated rings. The summed E-state index contributed by atoms with van der Waals surface area (Å²) in [6.07, 6.45) is 0. The molecule has 1 N–H and O–H groups in total. The Morgan fingerprint density at radius 3 is 2.45 bits per heavy atom. The molecule has 1 aliphatic rings. The van der Waals surface area contributed by atoms with Crippen LogP contribution in [0.15, 0.2) is 78.9 Å². The lowest BCUT2D eigenvalue weighted by molar-refractivity contribution is -0.139. The van der Waals surface area contributed by atoms with Crippen LogP contribution in [0.25, 0.3) is 0 Å². The van der Waals surface area contributed by atoms with Crippen molar-refractivity contribution in [2.75, 3.05) is 4.90 Å². The van der Waals surface area contributed by atoms with Gasteiger partial charge in [0.05, 0.1) is 18.2 Å². The topological polar surface area (TPSA) is 57.6 Å². The van der Waals surface area contributed by atoms with Crippen molar-refractivity contribution in [1.82, 2.24) is 0 Å². The number of halogens is 1. The third kappa shape index (κ3) is 3.24. The molecule has 5 heteroatoms. The Balaban J connectivity index is 1.74. The first-order valence-corrected chi connectivity index (χ1v) is 9.78. The first kappa shape index (κ1) is 19.4. The number of benzene rings is 3. The quantitative estimate of drug-likeness (QED) is 0.631. The highest BCUT2D eigenvalue weighted by Gasteiger charge is 2.55. The zero-order valence-electron chi connectivity index (χ0n) is 15.9. The van der Waals surface area contributed by atoms with Crippen LogP contribution in [0.1, 0.15) is 28.4 Å². The van der Waals surface area contributed by atoms with E-state index in [1.54, 1.807) is 61.5 Å². The van der Waals surface area contributed by atoms with Crippen LogP contribution in [0.3, 0.4) is 0 Å². The molecule has 3 aromatic carbocycles. The Kier molecular flexibility index (Phi) is 4.99. The molecule has 146 valence electrons. The summed E-state index contributed by atoms with van der Waals surface area (Å²) in [6.45, 7) is 1.86. The van der Waals surface area contributed by atoms with Gasteiger partial charge in [0.1, 0.15) is 0 Å². The number of fused-ring (bicyclic) bond motifs is 1. The lowest BCUT2D eigenvalue weighted by Crippen LogP contribution is -2.47. The Hall–Kier alpha value is -2.95. The van der Waals surface area contributed by atoms with Gasteiger partial charge >= 0.3 is 0 Å². The molecule has 0 aromatic heterocycles. The second-order valence-corrected chi connectivity index (χ2v) is 7.69. The molecule has 3 aromatic rings. The fraction of sp³-hybridized carbons (Fsp3) is 0.167. The molecule has 4 rings (SSSR count). The van der Waals surface area contributed by atoms with E-state index in [0.29, 0.717) is 21.8 Å². The van der Waals surface area contributed by atoms with Crippen molar-refractivity contribution in [2.24, 2.45) is 5.92 Å². The molecular weight excluding hydrogens is 386 g/mol. The largest absolute Gasteiger partial charge is 0.375 e. The van der Waals surface area contributed by atoms with Crippen LogP contribution in [-0.2, 0) is 16.9 Å². The number of rotatable bonds is 5. The van der Waals surface area contributed by atoms with E-state index in [9.17, 15) is 14.7 Å². The first-order valence-electron chi connectivity index (χ1n) is 9.40. The van der Waals surface area contributed by atoms with Crippen LogP contribution >= 0.6 is 11.6 Å². The summed E-state index contributed by atoms with van der Waals surface area (Å²) in [6, 6.07) is 23.0. The maximum Gasteiger partial charge on any atom is 0.264 e. The second kappa shape index (κ2) is 7.47. The van der Waals surface area contributed by atoms with Crippen LogP contribution in [0, 0.1) is 5.92 Å². The number of carbonyl (C=O) groups excluding carboxylic acids is 2. The molecule has 1 amide bonds. The molecule has 0 radical (unpaired) electrons. The minimum absolute atomic E-state index is 0.255. The maximum atomic E-state index is 13.4. The number of hydrogen-bond acceptors (Lipinski definition) is 3. The van der Waals surface area contributed by atoms with E-state index in [0.717, 1.165) is 5.56 Å². The monoisotopic (exact) mass is 405 g/mol. The molecular formula is C24H20ClNO3. The van der Waals surface area contributed by atoms with Crippen molar-refractivity contribution in [3.8, 4) is 0 Å². The third-order valence-corrected chi connectivity index (χ3v) is 5.72. The van der Waals surface area contributed by atoms with Crippen LogP contribution in [0.5, 0.6) is 0 Å². The van der Waals surface area contributed by atoms with Crippen molar-refractivity contribution in [3.05, 3.63) is 101 Å². The lowest BCUT2D eigenvalue weighted by Gasteiger charge is -2.28. The molecule has 0 spiro atoms. The van der Waals surface area contributed by atoms with Crippen LogP contribution in [0.2, 0.25) is 5.02 Å². The Labute approximate surface area is 174 Å². The van der Waals surface area contributed by atoms with Gasteiger partial charge in [-0.3, -0.25) is 9.59 Å². The van der Waals surface area contributed by atoms with E-state index in [1.807, 2.05) is 24.3 Å². The number of aliphatic hydroxyl groups is 1. The first-order chi connectivity index (χ1) is 13.9. The van der Waals surface area contributed by atoms with Gasteiger partial charge < -0.3 is 10.0 Å². The number of hydrogen-bond donors (Lipinski definition) is 1. The Morgan fingerprint density at radius 2 is 1.72 bits per heavy atom. The molecule has 1 heterocycles. The predicted octanol–water partition coefficient (Wildman–Crippen LogP) is 4.59. The number of Topliss-reactive ketones (excluding diaryl/α,β-unsaturated/α-hetero) is 1. The summed E-state index contributed by atoms with van der Waals surface area (Å²) >= 11 is 6.09. The summed E-state index contributed by atoms with van der Waals surface area (Å²) < 4.78 is 0. The number of nitrogens with zero attached hydrogens (tertiary/aromatic N) is 1. The van der Waals surface area contributed by atoms with Gasteiger partial charge in [0, 0.05) is 16.1 Å². The smallest absolute Gasteiger partial charge is 0.264 e. The van der Waals surface area contributed by atoms with E-state index in [4.69, 9.17) is 11.6 Å². The highest BCUT2D eigenvalue weighted by atomic mass is 35.5. The van der Waals surface area contributed by atoms with Crippen LogP contribution in [0.4, 0.5) is 5.69 Å². The molecule has 29 heavy (non-hydrogen) atoms. The van der Waals surface area contributed by atoms with E-state index in [2.05, 4.69) is 0 Å². The van der Waals surface area contributed by atoms with Crippen molar-refractivity contribution >= 4 is 29.0 Å². The van der Waals surface area contributed by atoms with E-state index >= 15 is 0 Å². The van der Waals surface area contributed by atoms with Crippen molar-refractivity contribution in [3.63, 3.8) is 0 Å².